The first-order valence-electron chi connectivity index (χ1n) is 5.35. The fourth-order valence-corrected chi connectivity index (χ4v) is 1.95. The number of hydrogen-bond donors (Lipinski definition) is 1. The van der Waals surface area contributed by atoms with E-state index in [9.17, 15) is 4.39 Å². The molecular weight excluding hydrogens is 241 g/mol. The largest absolute Gasteiger partial charge is 0.468 e. The second-order valence-corrected chi connectivity index (χ2v) is 4.20. The Labute approximate surface area is 104 Å². The van der Waals surface area contributed by atoms with E-state index in [2.05, 4.69) is 5.32 Å². The predicted octanol–water partition coefficient (Wildman–Crippen LogP) is 3.58. The maximum absolute atomic E-state index is 13.1. The summed E-state index contributed by atoms with van der Waals surface area (Å²) < 4.78 is 18.5. The van der Waals surface area contributed by atoms with Gasteiger partial charge in [0.1, 0.15) is 11.6 Å². The van der Waals surface area contributed by atoms with Crippen molar-refractivity contribution < 1.29 is 8.81 Å². The molecule has 0 amide bonds. The van der Waals surface area contributed by atoms with E-state index in [0.717, 1.165) is 11.3 Å². The SMILES string of the molecule is CNC(Cc1cc(F)ccc1Cl)c1ccco1. The molecule has 1 aromatic heterocycles. The zero-order chi connectivity index (χ0) is 12.3. The number of furan rings is 1. The minimum absolute atomic E-state index is 0.00991. The summed E-state index contributed by atoms with van der Waals surface area (Å²) in [6.45, 7) is 0. The average molecular weight is 254 g/mol. The summed E-state index contributed by atoms with van der Waals surface area (Å²) in [4.78, 5) is 0. The molecular formula is C13H13ClFNO. The molecule has 0 saturated carbocycles. The Kier molecular flexibility index (Phi) is 3.82. The summed E-state index contributed by atoms with van der Waals surface area (Å²) in [7, 11) is 1.83. The van der Waals surface area contributed by atoms with Crippen LogP contribution in [-0.2, 0) is 6.42 Å². The van der Waals surface area contributed by atoms with Crippen LogP contribution in [0.5, 0.6) is 0 Å². The summed E-state index contributed by atoms with van der Waals surface area (Å²) in [5, 5.41) is 3.69. The molecule has 0 saturated heterocycles. The minimum Gasteiger partial charge on any atom is -0.468 e. The quantitative estimate of drug-likeness (QED) is 0.901. The monoisotopic (exact) mass is 253 g/mol. The highest BCUT2D eigenvalue weighted by atomic mass is 35.5. The van der Waals surface area contributed by atoms with E-state index >= 15 is 0 Å². The molecule has 0 bridgehead atoms. The van der Waals surface area contributed by atoms with Crippen molar-refractivity contribution in [2.75, 3.05) is 7.05 Å². The van der Waals surface area contributed by atoms with Gasteiger partial charge in [0.15, 0.2) is 0 Å². The third-order valence-electron chi connectivity index (χ3n) is 2.67. The summed E-state index contributed by atoms with van der Waals surface area (Å²) in [5.41, 5.74) is 0.766. The van der Waals surface area contributed by atoms with Crippen LogP contribution >= 0.6 is 11.6 Å². The van der Waals surface area contributed by atoms with Crippen molar-refractivity contribution in [2.45, 2.75) is 12.5 Å². The second-order valence-electron chi connectivity index (χ2n) is 3.80. The van der Waals surface area contributed by atoms with Gasteiger partial charge in [0.2, 0.25) is 0 Å². The van der Waals surface area contributed by atoms with Gasteiger partial charge < -0.3 is 9.73 Å². The van der Waals surface area contributed by atoms with Gasteiger partial charge in [-0.25, -0.2) is 4.39 Å². The standard InChI is InChI=1S/C13H13ClFNO/c1-16-12(13-3-2-6-17-13)8-9-7-10(15)4-5-11(9)14/h2-7,12,16H,8H2,1H3. The summed E-state index contributed by atoms with van der Waals surface area (Å²) in [5.74, 6) is 0.534. The molecule has 0 aliphatic heterocycles. The molecule has 4 heteroatoms. The molecule has 0 fully saturated rings. The van der Waals surface area contributed by atoms with Gasteiger partial charge in [0, 0.05) is 5.02 Å². The minimum atomic E-state index is -0.279. The van der Waals surface area contributed by atoms with Crippen LogP contribution in [0.4, 0.5) is 4.39 Å². The Bertz CT molecular complexity index is 484. The molecule has 1 heterocycles. The van der Waals surface area contributed by atoms with Crippen LogP contribution in [0.2, 0.25) is 5.02 Å². The van der Waals surface area contributed by atoms with E-state index in [-0.39, 0.29) is 11.9 Å². The van der Waals surface area contributed by atoms with Gasteiger partial charge in [-0.1, -0.05) is 11.6 Å². The summed E-state index contributed by atoms with van der Waals surface area (Å²) >= 11 is 6.03. The molecule has 17 heavy (non-hydrogen) atoms. The Hall–Kier alpha value is -1.32. The molecule has 1 atom stereocenters. The van der Waals surface area contributed by atoms with Crippen LogP contribution in [0.1, 0.15) is 17.4 Å². The lowest BCUT2D eigenvalue weighted by atomic mass is 10.0. The zero-order valence-corrected chi connectivity index (χ0v) is 10.2. The fraction of sp³-hybridized carbons (Fsp3) is 0.231. The number of benzene rings is 1. The van der Waals surface area contributed by atoms with Gasteiger partial charge in [0.05, 0.1) is 12.3 Å². The van der Waals surface area contributed by atoms with Crippen LogP contribution in [0.15, 0.2) is 41.0 Å². The number of rotatable bonds is 4. The van der Waals surface area contributed by atoms with E-state index in [4.69, 9.17) is 16.0 Å². The highest BCUT2D eigenvalue weighted by Gasteiger charge is 2.14. The lowest BCUT2D eigenvalue weighted by molar-refractivity contribution is 0.429. The van der Waals surface area contributed by atoms with Crippen LogP contribution in [0.25, 0.3) is 0 Å². The molecule has 2 rings (SSSR count). The van der Waals surface area contributed by atoms with Crippen molar-refractivity contribution in [3.63, 3.8) is 0 Å². The van der Waals surface area contributed by atoms with E-state index in [1.54, 1.807) is 12.3 Å². The Morgan fingerprint density at radius 3 is 2.88 bits per heavy atom. The number of hydrogen-bond acceptors (Lipinski definition) is 2. The smallest absolute Gasteiger partial charge is 0.123 e. The predicted molar refractivity (Wildman–Crippen MR) is 65.6 cm³/mol. The van der Waals surface area contributed by atoms with Crippen LogP contribution < -0.4 is 5.32 Å². The second kappa shape index (κ2) is 5.34. The molecule has 2 aromatic rings. The van der Waals surface area contributed by atoms with Gasteiger partial charge >= 0.3 is 0 Å². The lowest BCUT2D eigenvalue weighted by Gasteiger charge is -2.14. The molecule has 90 valence electrons. The number of nitrogens with one attached hydrogen (secondary N) is 1. The fourth-order valence-electron chi connectivity index (χ4n) is 1.75. The van der Waals surface area contributed by atoms with Crippen molar-refractivity contribution >= 4 is 11.6 Å². The molecule has 0 aliphatic rings. The van der Waals surface area contributed by atoms with Gasteiger partial charge in [-0.2, -0.15) is 0 Å². The number of likely N-dealkylation sites (N-methyl/N-ethyl adjacent to an activating group) is 1. The van der Waals surface area contributed by atoms with Gasteiger partial charge in [-0.05, 0) is 49.4 Å². The van der Waals surface area contributed by atoms with Crippen molar-refractivity contribution in [1.29, 1.82) is 0 Å². The van der Waals surface area contributed by atoms with E-state index in [1.165, 1.54) is 12.1 Å². The Morgan fingerprint density at radius 1 is 1.41 bits per heavy atom. The van der Waals surface area contributed by atoms with Crippen molar-refractivity contribution in [2.24, 2.45) is 0 Å². The Morgan fingerprint density at radius 2 is 2.24 bits per heavy atom. The average Bonchev–Trinajstić information content (AvgIpc) is 2.84. The molecule has 1 N–H and O–H groups in total. The van der Waals surface area contributed by atoms with Crippen LogP contribution in [-0.4, -0.2) is 7.05 Å². The maximum atomic E-state index is 13.1. The van der Waals surface area contributed by atoms with Gasteiger partial charge in [0.25, 0.3) is 0 Å². The molecule has 0 radical (unpaired) electrons. The van der Waals surface area contributed by atoms with Crippen LogP contribution in [0.3, 0.4) is 0 Å². The van der Waals surface area contributed by atoms with Crippen molar-refractivity contribution in [3.05, 3.63) is 58.8 Å². The van der Waals surface area contributed by atoms with Crippen molar-refractivity contribution in [1.82, 2.24) is 5.32 Å². The molecule has 1 unspecified atom stereocenters. The van der Waals surface area contributed by atoms with Gasteiger partial charge in [-0.15, -0.1) is 0 Å². The topological polar surface area (TPSA) is 25.2 Å². The summed E-state index contributed by atoms with van der Waals surface area (Å²) in [6.07, 6.45) is 2.20. The van der Waals surface area contributed by atoms with E-state index in [1.807, 2.05) is 19.2 Å². The highest BCUT2D eigenvalue weighted by molar-refractivity contribution is 6.31. The molecule has 0 aliphatic carbocycles. The normalized spacial score (nSPS) is 12.6. The third kappa shape index (κ3) is 2.87. The first-order chi connectivity index (χ1) is 8.20. The number of halogens is 2. The molecule has 0 spiro atoms. The van der Waals surface area contributed by atoms with E-state index < -0.39 is 0 Å². The third-order valence-corrected chi connectivity index (χ3v) is 3.04. The first-order valence-corrected chi connectivity index (χ1v) is 5.73. The highest BCUT2D eigenvalue weighted by Crippen LogP contribution is 2.24. The zero-order valence-electron chi connectivity index (χ0n) is 9.41. The first kappa shape index (κ1) is 12.1. The molecule has 2 nitrogen and oxygen atoms in total. The molecule has 1 aromatic carbocycles. The maximum Gasteiger partial charge on any atom is 0.123 e. The summed E-state index contributed by atoms with van der Waals surface area (Å²) in [6, 6.07) is 8.08. The van der Waals surface area contributed by atoms with Crippen LogP contribution in [0, 0.1) is 5.82 Å². The van der Waals surface area contributed by atoms with Gasteiger partial charge in [-0.3, -0.25) is 0 Å². The Balaban J connectivity index is 2.21. The van der Waals surface area contributed by atoms with Crippen molar-refractivity contribution in [3.8, 4) is 0 Å². The van der Waals surface area contributed by atoms with E-state index in [0.29, 0.717) is 11.4 Å². The lowest BCUT2D eigenvalue weighted by Crippen LogP contribution is -2.18.